The summed E-state index contributed by atoms with van der Waals surface area (Å²) >= 11 is 0. The number of nitrogens with zero attached hydrogens (tertiary/aromatic N) is 1. The minimum atomic E-state index is -0.437. The van der Waals surface area contributed by atoms with Gasteiger partial charge in [0, 0.05) is 24.6 Å². The Kier molecular flexibility index (Phi) is 3.83. The smallest absolute Gasteiger partial charge is 0.337 e. The zero-order chi connectivity index (χ0) is 15.7. The summed E-state index contributed by atoms with van der Waals surface area (Å²) < 4.78 is 4.61. The monoisotopic (exact) mass is 302 g/mol. The molecule has 1 saturated heterocycles. The van der Waals surface area contributed by atoms with Gasteiger partial charge in [-0.25, -0.2) is 4.79 Å². The highest BCUT2D eigenvalue weighted by Gasteiger charge is 2.39. The van der Waals surface area contributed by atoms with E-state index in [0.29, 0.717) is 30.1 Å². The Morgan fingerprint density at radius 1 is 1.18 bits per heavy atom. The minimum Gasteiger partial charge on any atom is -0.465 e. The van der Waals surface area contributed by atoms with Crippen molar-refractivity contribution in [3.05, 3.63) is 35.4 Å². The summed E-state index contributed by atoms with van der Waals surface area (Å²) in [7, 11) is 1.31. The van der Waals surface area contributed by atoms with Gasteiger partial charge in [-0.1, -0.05) is 0 Å². The Labute approximate surface area is 128 Å². The van der Waals surface area contributed by atoms with Gasteiger partial charge in [-0.2, -0.15) is 0 Å². The number of rotatable bonds is 4. The average Bonchev–Trinajstić information content (AvgIpc) is 3.30. The molecule has 0 aromatic heterocycles. The van der Waals surface area contributed by atoms with Crippen LogP contribution in [0.25, 0.3) is 0 Å². The van der Waals surface area contributed by atoms with Crippen LogP contribution in [0.1, 0.15) is 40.0 Å². The number of hydrogen-bond donors (Lipinski definition) is 1. The van der Waals surface area contributed by atoms with Crippen LogP contribution in [0.3, 0.4) is 0 Å². The predicted molar refractivity (Wildman–Crippen MR) is 78.4 cm³/mol. The van der Waals surface area contributed by atoms with Crippen LogP contribution in [0.15, 0.2) is 24.3 Å². The van der Waals surface area contributed by atoms with Gasteiger partial charge < -0.3 is 15.0 Å². The van der Waals surface area contributed by atoms with E-state index >= 15 is 0 Å². The Hall–Kier alpha value is -2.37. The normalized spacial score (nSPS) is 20.9. The molecule has 1 aromatic rings. The van der Waals surface area contributed by atoms with E-state index in [1.807, 2.05) is 4.90 Å². The third-order valence-electron chi connectivity index (χ3n) is 4.05. The van der Waals surface area contributed by atoms with Crippen LogP contribution in [-0.4, -0.2) is 48.4 Å². The molecule has 1 aliphatic carbocycles. The number of methoxy groups -OCH3 is 1. The zero-order valence-corrected chi connectivity index (χ0v) is 12.4. The fourth-order valence-corrected chi connectivity index (χ4v) is 2.71. The summed E-state index contributed by atoms with van der Waals surface area (Å²) in [6.07, 6.45) is 2.51. The Bertz CT molecular complexity index is 607. The van der Waals surface area contributed by atoms with Crippen LogP contribution in [0.2, 0.25) is 0 Å². The van der Waals surface area contributed by atoms with Gasteiger partial charge in [0.05, 0.1) is 18.7 Å². The molecule has 1 N–H and O–H groups in total. The summed E-state index contributed by atoms with van der Waals surface area (Å²) in [6.45, 7) is 0.593. The Morgan fingerprint density at radius 3 is 2.41 bits per heavy atom. The van der Waals surface area contributed by atoms with Crippen LogP contribution in [0, 0.1) is 0 Å². The number of esters is 1. The second kappa shape index (κ2) is 5.79. The molecule has 1 atom stereocenters. The molecule has 1 aliphatic heterocycles. The van der Waals surface area contributed by atoms with E-state index in [0.717, 1.165) is 12.8 Å². The van der Waals surface area contributed by atoms with Crippen molar-refractivity contribution in [2.45, 2.75) is 31.3 Å². The van der Waals surface area contributed by atoms with Gasteiger partial charge >= 0.3 is 5.97 Å². The van der Waals surface area contributed by atoms with Crippen LogP contribution in [0.5, 0.6) is 0 Å². The van der Waals surface area contributed by atoms with Crippen molar-refractivity contribution in [2.75, 3.05) is 13.7 Å². The molecule has 0 bridgehead atoms. The summed E-state index contributed by atoms with van der Waals surface area (Å²) in [5.41, 5.74) is 0.861. The number of hydrogen-bond acceptors (Lipinski definition) is 4. The highest BCUT2D eigenvalue weighted by molar-refractivity contribution is 5.96. The van der Waals surface area contributed by atoms with E-state index in [2.05, 4.69) is 10.1 Å². The average molecular weight is 302 g/mol. The van der Waals surface area contributed by atoms with E-state index in [-0.39, 0.29) is 17.9 Å². The Morgan fingerprint density at radius 2 is 1.82 bits per heavy atom. The van der Waals surface area contributed by atoms with Crippen molar-refractivity contribution >= 4 is 17.8 Å². The number of carbonyl (C=O) groups excluding carboxylic acids is 3. The molecular weight excluding hydrogens is 284 g/mol. The van der Waals surface area contributed by atoms with Crippen molar-refractivity contribution < 1.29 is 19.1 Å². The van der Waals surface area contributed by atoms with E-state index in [4.69, 9.17) is 0 Å². The van der Waals surface area contributed by atoms with E-state index < -0.39 is 5.97 Å². The molecule has 22 heavy (non-hydrogen) atoms. The molecular formula is C16H18N2O4. The van der Waals surface area contributed by atoms with E-state index in [1.165, 1.54) is 7.11 Å². The third kappa shape index (κ3) is 2.95. The van der Waals surface area contributed by atoms with Crippen LogP contribution in [-0.2, 0) is 9.53 Å². The maximum Gasteiger partial charge on any atom is 0.337 e. The van der Waals surface area contributed by atoms with Gasteiger partial charge in [0.2, 0.25) is 5.91 Å². The molecule has 116 valence electrons. The quantitative estimate of drug-likeness (QED) is 0.841. The number of nitrogens with one attached hydrogen (secondary N) is 1. The van der Waals surface area contributed by atoms with Gasteiger partial charge in [0.25, 0.3) is 5.91 Å². The molecule has 2 amide bonds. The molecule has 1 unspecified atom stereocenters. The van der Waals surface area contributed by atoms with Gasteiger partial charge in [-0.3, -0.25) is 9.59 Å². The first kappa shape index (κ1) is 14.6. The molecule has 6 nitrogen and oxygen atoms in total. The molecule has 6 heteroatoms. The fraction of sp³-hybridized carbons (Fsp3) is 0.438. The molecule has 2 fully saturated rings. The highest BCUT2D eigenvalue weighted by Crippen LogP contribution is 2.30. The topological polar surface area (TPSA) is 75.7 Å². The van der Waals surface area contributed by atoms with Crippen molar-refractivity contribution in [1.82, 2.24) is 10.2 Å². The second-order valence-electron chi connectivity index (χ2n) is 5.72. The number of ether oxygens (including phenoxy) is 1. The number of carbonyl (C=O) groups is 3. The first-order chi connectivity index (χ1) is 10.6. The second-order valence-corrected chi connectivity index (χ2v) is 5.72. The minimum absolute atomic E-state index is 0.119. The zero-order valence-electron chi connectivity index (χ0n) is 12.4. The lowest BCUT2D eigenvalue weighted by atomic mass is 10.1. The van der Waals surface area contributed by atoms with Gasteiger partial charge in [-0.15, -0.1) is 0 Å². The van der Waals surface area contributed by atoms with Crippen molar-refractivity contribution in [3.63, 3.8) is 0 Å². The molecule has 2 aliphatic rings. The van der Waals surface area contributed by atoms with Crippen LogP contribution in [0.4, 0.5) is 0 Å². The number of likely N-dealkylation sites (tertiary alicyclic amines) is 1. The maximum atomic E-state index is 12.2. The van der Waals surface area contributed by atoms with Crippen molar-refractivity contribution in [2.24, 2.45) is 0 Å². The summed E-state index contributed by atoms with van der Waals surface area (Å²) in [5.74, 6) is -0.547. The SMILES string of the molecule is COC(=O)c1ccc(C(=O)NC2CC(=O)N(C3CC3)C2)cc1. The molecule has 3 rings (SSSR count). The molecule has 1 aromatic carbocycles. The van der Waals surface area contributed by atoms with Crippen LogP contribution >= 0.6 is 0 Å². The first-order valence-corrected chi connectivity index (χ1v) is 7.37. The lowest BCUT2D eigenvalue weighted by molar-refractivity contribution is -0.128. The fourth-order valence-electron chi connectivity index (χ4n) is 2.71. The molecule has 1 heterocycles. The summed E-state index contributed by atoms with van der Waals surface area (Å²) in [6, 6.07) is 6.51. The Balaban J connectivity index is 1.60. The standard InChI is InChI=1S/C16H18N2O4/c1-22-16(21)11-4-2-10(3-5-11)15(20)17-12-8-14(19)18(9-12)13-6-7-13/h2-5,12-13H,6-9H2,1H3,(H,17,20). The van der Waals surface area contributed by atoms with E-state index in [9.17, 15) is 14.4 Å². The largest absolute Gasteiger partial charge is 0.465 e. The first-order valence-electron chi connectivity index (χ1n) is 7.37. The van der Waals surface area contributed by atoms with Crippen LogP contribution < -0.4 is 5.32 Å². The molecule has 1 saturated carbocycles. The van der Waals surface area contributed by atoms with Gasteiger partial charge in [0.15, 0.2) is 0 Å². The lowest BCUT2D eigenvalue weighted by Gasteiger charge is -2.16. The van der Waals surface area contributed by atoms with Gasteiger partial charge in [0.1, 0.15) is 0 Å². The maximum absolute atomic E-state index is 12.2. The third-order valence-corrected chi connectivity index (χ3v) is 4.05. The summed E-state index contributed by atoms with van der Waals surface area (Å²) in [4.78, 5) is 37.3. The number of amides is 2. The van der Waals surface area contributed by atoms with Gasteiger partial charge in [-0.05, 0) is 37.1 Å². The number of benzene rings is 1. The van der Waals surface area contributed by atoms with Crippen molar-refractivity contribution in [3.8, 4) is 0 Å². The lowest BCUT2D eigenvalue weighted by Crippen LogP contribution is -2.37. The van der Waals surface area contributed by atoms with Crippen molar-refractivity contribution in [1.29, 1.82) is 0 Å². The van der Waals surface area contributed by atoms with E-state index in [1.54, 1.807) is 24.3 Å². The highest BCUT2D eigenvalue weighted by atomic mass is 16.5. The molecule has 0 spiro atoms. The predicted octanol–water partition coefficient (Wildman–Crippen LogP) is 0.966. The molecule has 0 radical (unpaired) electrons. The summed E-state index contributed by atoms with van der Waals surface area (Å²) in [5, 5.41) is 2.88.